The van der Waals surface area contributed by atoms with Gasteiger partial charge in [0, 0.05) is 6.61 Å². The van der Waals surface area contributed by atoms with E-state index in [2.05, 4.69) is 27.7 Å². The third kappa shape index (κ3) is 5.89. The van der Waals surface area contributed by atoms with Crippen molar-refractivity contribution in [1.82, 2.24) is 0 Å². The molecule has 0 spiro atoms. The summed E-state index contributed by atoms with van der Waals surface area (Å²) in [6, 6.07) is 0. The molecule has 16 heavy (non-hydrogen) atoms. The Kier molecular flexibility index (Phi) is 6.41. The molecule has 0 N–H and O–H groups in total. The van der Waals surface area contributed by atoms with Gasteiger partial charge in [0.1, 0.15) is 0 Å². The molecule has 1 heteroatoms. The molecule has 1 aliphatic carbocycles. The van der Waals surface area contributed by atoms with Gasteiger partial charge in [0.15, 0.2) is 0 Å². The average molecular weight is 226 g/mol. The molecule has 0 aromatic carbocycles. The predicted molar refractivity (Wildman–Crippen MR) is 70.6 cm³/mol. The van der Waals surface area contributed by atoms with Gasteiger partial charge < -0.3 is 4.74 Å². The molecule has 1 saturated carbocycles. The summed E-state index contributed by atoms with van der Waals surface area (Å²) in [5.41, 5.74) is 0. The highest BCUT2D eigenvalue weighted by molar-refractivity contribution is 4.65. The highest BCUT2D eigenvalue weighted by atomic mass is 16.5. The third-order valence-corrected chi connectivity index (χ3v) is 4.04. The van der Waals surface area contributed by atoms with E-state index in [0.717, 1.165) is 24.4 Å². The summed E-state index contributed by atoms with van der Waals surface area (Å²) >= 11 is 0. The lowest BCUT2D eigenvalue weighted by Crippen LogP contribution is -2.21. The Morgan fingerprint density at radius 2 is 1.06 bits per heavy atom. The van der Waals surface area contributed by atoms with Crippen molar-refractivity contribution in [1.29, 1.82) is 0 Å². The van der Waals surface area contributed by atoms with Gasteiger partial charge in [-0.2, -0.15) is 0 Å². The van der Waals surface area contributed by atoms with Crippen LogP contribution in [0.4, 0.5) is 0 Å². The van der Waals surface area contributed by atoms with Gasteiger partial charge in [-0.3, -0.25) is 0 Å². The Morgan fingerprint density at radius 1 is 0.625 bits per heavy atom. The summed E-state index contributed by atoms with van der Waals surface area (Å²) in [5, 5.41) is 0. The second kappa shape index (κ2) is 7.32. The fourth-order valence-corrected chi connectivity index (χ4v) is 2.44. The van der Waals surface area contributed by atoms with Crippen LogP contribution in [-0.2, 0) is 4.74 Å². The molecule has 1 aliphatic heterocycles. The fourth-order valence-electron chi connectivity index (χ4n) is 2.44. The fraction of sp³-hybridized carbons (Fsp3) is 1.00. The average Bonchev–Trinajstić information content (AvgIpc) is 2.28. The molecule has 0 radical (unpaired) electrons. The maximum atomic E-state index is 5.39. The lowest BCUT2D eigenvalue weighted by atomic mass is 9.84. The summed E-state index contributed by atoms with van der Waals surface area (Å²) < 4.78 is 5.39. The van der Waals surface area contributed by atoms with E-state index in [0.29, 0.717) is 6.10 Å². The quantitative estimate of drug-likeness (QED) is 0.584. The van der Waals surface area contributed by atoms with Gasteiger partial charge in [0.05, 0.1) is 6.10 Å². The second-order valence-electron chi connectivity index (χ2n) is 6.19. The molecule has 0 aromatic rings. The summed E-state index contributed by atoms with van der Waals surface area (Å²) in [5.74, 6) is 2.84. The zero-order chi connectivity index (χ0) is 12.0. The normalized spacial score (nSPS) is 39.8. The van der Waals surface area contributed by atoms with E-state index in [9.17, 15) is 0 Å². The maximum absolute atomic E-state index is 5.39. The van der Waals surface area contributed by atoms with Gasteiger partial charge in [-0.15, -0.1) is 0 Å². The van der Waals surface area contributed by atoms with Crippen LogP contribution < -0.4 is 0 Å². The third-order valence-electron chi connectivity index (χ3n) is 4.04. The Morgan fingerprint density at radius 3 is 1.38 bits per heavy atom. The second-order valence-corrected chi connectivity index (χ2v) is 6.19. The highest BCUT2D eigenvalue weighted by Gasteiger charge is 2.13. The van der Waals surface area contributed by atoms with Crippen molar-refractivity contribution >= 4 is 0 Å². The highest BCUT2D eigenvalue weighted by Crippen LogP contribution is 2.27. The van der Waals surface area contributed by atoms with Crippen LogP contribution in [-0.4, -0.2) is 12.7 Å². The lowest BCUT2D eigenvalue weighted by molar-refractivity contribution is 0.000267. The molecule has 96 valence electrons. The van der Waals surface area contributed by atoms with E-state index in [1.807, 2.05) is 0 Å². The van der Waals surface area contributed by atoms with Crippen LogP contribution in [0.5, 0.6) is 0 Å². The SMILES string of the molecule is CC1CCC(C)CC1.CC1CCC(C)OC1. The zero-order valence-corrected chi connectivity index (χ0v) is 11.7. The molecular formula is C15H30O. The molecule has 0 bridgehead atoms. The van der Waals surface area contributed by atoms with Crippen LogP contribution >= 0.6 is 0 Å². The molecule has 2 fully saturated rings. The van der Waals surface area contributed by atoms with Gasteiger partial charge in [0.2, 0.25) is 0 Å². The Balaban J connectivity index is 0.000000160. The van der Waals surface area contributed by atoms with Gasteiger partial charge in [-0.25, -0.2) is 0 Å². The first kappa shape index (κ1) is 14.0. The molecular weight excluding hydrogens is 196 g/mol. The van der Waals surface area contributed by atoms with Crippen molar-refractivity contribution in [2.24, 2.45) is 17.8 Å². The standard InChI is InChI=1S/C8H16.C7H14O/c1-7-3-5-8(2)6-4-7;1-6-3-4-7(2)8-5-6/h7-8H,3-6H2,1-2H3;6-7H,3-5H2,1-2H3. The molecule has 1 heterocycles. The molecule has 2 aliphatic rings. The van der Waals surface area contributed by atoms with Crippen molar-refractivity contribution in [3.05, 3.63) is 0 Å². The monoisotopic (exact) mass is 226 g/mol. The van der Waals surface area contributed by atoms with Crippen LogP contribution in [0.3, 0.4) is 0 Å². The molecule has 2 unspecified atom stereocenters. The van der Waals surface area contributed by atoms with Crippen LogP contribution in [0.1, 0.15) is 66.2 Å². The number of hydrogen-bond donors (Lipinski definition) is 0. The van der Waals surface area contributed by atoms with Crippen LogP contribution in [0.25, 0.3) is 0 Å². The predicted octanol–water partition coefficient (Wildman–Crippen LogP) is 4.65. The molecule has 1 nitrogen and oxygen atoms in total. The van der Waals surface area contributed by atoms with E-state index in [1.54, 1.807) is 0 Å². The van der Waals surface area contributed by atoms with E-state index in [4.69, 9.17) is 4.74 Å². The maximum Gasteiger partial charge on any atom is 0.0547 e. The summed E-state index contributed by atoms with van der Waals surface area (Å²) in [4.78, 5) is 0. The van der Waals surface area contributed by atoms with Crippen molar-refractivity contribution < 1.29 is 4.74 Å². The topological polar surface area (TPSA) is 9.23 Å². The minimum atomic E-state index is 0.520. The van der Waals surface area contributed by atoms with E-state index >= 15 is 0 Å². The number of hydrogen-bond acceptors (Lipinski definition) is 1. The van der Waals surface area contributed by atoms with E-state index < -0.39 is 0 Å². The van der Waals surface area contributed by atoms with Crippen molar-refractivity contribution in [2.45, 2.75) is 72.3 Å². The Labute approximate surface area is 102 Å². The first-order valence-corrected chi connectivity index (χ1v) is 7.19. The Bertz CT molecular complexity index is 122. The minimum absolute atomic E-state index is 0.520. The van der Waals surface area contributed by atoms with E-state index in [1.165, 1.54) is 38.5 Å². The van der Waals surface area contributed by atoms with E-state index in [-0.39, 0.29) is 0 Å². The number of rotatable bonds is 0. The van der Waals surface area contributed by atoms with Gasteiger partial charge >= 0.3 is 0 Å². The summed E-state index contributed by atoms with van der Waals surface area (Å²) in [7, 11) is 0. The lowest BCUT2D eigenvalue weighted by Gasteiger charge is -2.23. The zero-order valence-electron chi connectivity index (χ0n) is 11.7. The summed E-state index contributed by atoms with van der Waals surface area (Å²) in [6.07, 6.45) is 9.01. The van der Waals surface area contributed by atoms with Gasteiger partial charge in [0.25, 0.3) is 0 Å². The first-order chi connectivity index (χ1) is 7.58. The van der Waals surface area contributed by atoms with Gasteiger partial charge in [-0.1, -0.05) is 46.5 Å². The molecule has 2 atom stereocenters. The van der Waals surface area contributed by atoms with Crippen LogP contribution in [0.2, 0.25) is 0 Å². The van der Waals surface area contributed by atoms with Crippen molar-refractivity contribution in [3.63, 3.8) is 0 Å². The van der Waals surface area contributed by atoms with Crippen molar-refractivity contribution in [2.75, 3.05) is 6.61 Å². The Hall–Kier alpha value is -0.0400. The smallest absolute Gasteiger partial charge is 0.0547 e. The van der Waals surface area contributed by atoms with Crippen LogP contribution in [0, 0.1) is 17.8 Å². The van der Waals surface area contributed by atoms with Gasteiger partial charge in [-0.05, 0) is 37.5 Å². The summed E-state index contributed by atoms with van der Waals surface area (Å²) in [6.45, 7) is 10.1. The molecule has 2 rings (SSSR count). The minimum Gasteiger partial charge on any atom is -0.378 e. The first-order valence-electron chi connectivity index (χ1n) is 7.19. The van der Waals surface area contributed by atoms with Crippen LogP contribution in [0.15, 0.2) is 0 Å². The number of ether oxygens (including phenoxy) is 1. The molecule has 1 saturated heterocycles. The molecule has 0 aromatic heterocycles. The van der Waals surface area contributed by atoms with Crippen molar-refractivity contribution in [3.8, 4) is 0 Å². The largest absolute Gasteiger partial charge is 0.378 e. The molecule has 0 amide bonds.